The van der Waals surface area contributed by atoms with Gasteiger partial charge in [-0.3, -0.25) is 0 Å². The van der Waals surface area contributed by atoms with E-state index in [2.05, 4.69) is 0 Å². The Morgan fingerprint density at radius 3 is 2.58 bits per heavy atom. The van der Waals surface area contributed by atoms with Crippen molar-refractivity contribution in [2.24, 2.45) is 0 Å². The molecule has 24 heavy (non-hydrogen) atoms. The van der Waals surface area contributed by atoms with Crippen LogP contribution in [0.5, 0.6) is 5.75 Å². The van der Waals surface area contributed by atoms with E-state index in [9.17, 15) is 18.0 Å². The van der Waals surface area contributed by atoms with E-state index in [-0.39, 0.29) is 12.4 Å². The average molecular weight is 334 g/mol. The first-order valence-corrected chi connectivity index (χ1v) is 7.17. The number of para-hydroxylation sites is 1. The summed E-state index contributed by atoms with van der Waals surface area (Å²) in [5, 5.41) is 0.629. The summed E-state index contributed by atoms with van der Waals surface area (Å²) in [5.41, 5.74) is 0.332. The maximum atomic E-state index is 13.0. The Morgan fingerprint density at radius 2 is 1.83 bits per heavy atom. The molecule has 0 saturated heterocycles. The van der Waals surface area contributed by atoms with Crippen LogP contribution in [-0.2, 0) is 12.8 Å². The van der Waals surface area contributed by atoms with E-state index >= 15 is 0 Å². The third-order valence-corrected chi connectivity index (χ3v) is 3.56. The van der Waals surface area contributed by atoms with Crippen LogP contribution < -0.4 is 10.4 Å². The lowest BCUT2D eigenvalue weighted by atomic mass is 10.1. The molecule has 0 fully saturated rings. The topological polar surface area (TPSA) is 39.4 Å². The zero-order valence-corrected chi connectivity index (χ0v) is 12.7. The fraction of sp³-hybridized carbons (Fsp3) is 0.167. The number of ether oxygens (including phenoxy) is 1. The summed E-state index contributed by atoms with van der Waals surface area (Å²) >= 11 is 0. The van der Waals surface area contributed by atoms with Crippen LogP contribution in [0.1, 0.15) is 16.7 Å². The average Bonchev–Trinajstić information content (AvgIpc) is 2.51. The summed E-state index contributed by atoms with van der Waals surface area (Å²) < 4.78 is 49.4. The van der Waals surface area contributed by atoms with Crippen molar-refractivity contribution >= 4 is 11.0 Å². The molecule has 124 valence electrons. The molecule has 1 heterocycles. The predicted molar refractivity (Wildman–Crippen MR) is 83.0 cm³/mol. The number of hydrogen-bond donors (Lipinski definition) is 0. The predicted octanol–water partition coefficient (Wildman–Crippen LogP) is 4.70. The molecule has 0 aliphatic carbocycles. The number of halogens is 3. The Kier molecular flexibility index (Phi) is 4.05. The Hall–Kier alpha value is -2.76. The van der Waals surface area contributed by atoms with Gasteiger partial charge in [-0.25, -0.2) is 4.79 Å². The molecule has 0 saturated carbocycles. The molecule has 3 rings (SSSR count). The standard InChI is InChI=1S/C18H13F3O3/c1-11-6-7-13-12(9-17(22)24-16(13)8-11)10-23-15-5-3-2-4-14(15)18(19,20)21/h2-9H,10H2,1H3. The molecule has 1 aromatic heterocycles. The Bertz CT molecular complexity index is 942. The number of alkyl halides is 3. The second-order valence-electron chi connectivity index (χ2n) is 5.37. The highest BCUT2D eigenvalue weighted by molar-refractivity contribution is 5.80. The van der Waals surface area contributed by atoms with Gasteiger partial charge >= 0.3 is 11.8 Å². The SMILES string of the molecule is Cc1ccc2c(COc3ccccc3C(F)(F)F)cc(=O)oc2c1. The van der Waals surface area contributed by atoms with Gasteiger partial charge in [-0.2, -0.15) is 13.2 Å². The molecule has 3 nitrogen and oxygen atoms in total. The number of rotatable bonds is 3. The molecular formula is C18H13F3O3. The first-order chi connectivity index (χ1) is 11.3. The largest absolute Gasteiger partial charge is 0.488 e. The summed E-state index contributed by atoms with van der Waals surface area (Å²) in [6.07, 6.45) is -4.51. The molecule has 0 aliphatic heterocycles. The molecule has 0 spiro atoms. The van der Waals surface area contributed by atoms with Gasteiger partial charge < -0.3 is 9.15 Å². The van der Waals surface area contributed by atoms with Gasteiger partial charge in [0, 0.05) is 17.0 Å². The van der Waals surface area contributed by atoms with Crippen molar-refractivity contribution in [3.63, 3.8) is 0 Å². The first-order valence-electron chi connectivity index (χ1n) is 7.17. The number of fused-ring (bicyclic) bond motifs is 1. The van der Waals surface area contributed by atoms with Gasteiger partial charge in [-0.1, -0.05) is 24.3 Å². The van der Waals surface area contributed by atoms with Crippen LogP contribution in [0.25, 0.3) is 11.0 Å². The van der Waals surface area contributed by atoms with Gasteiger partial charge in [0.2, 0.25) is 0 Å². The van der Waals surface area contributed by atoms with E-state index in [4.69, 9.17) is 9.15 Å². The summed E-state index contributed by atoms with van der Waals surface area (Å²) in [6.45, 7) is 1.68. The monoisotopic (exact) mass is 334 g/mol. The van der Waals surface area contributed by atoms with Gasteiger partial charge in [0.05, 0.1) is 5.56 Å². The maximum absolute atomic E-state index is 13.0. The minimum atomic E-state index is -4.51. The molecule has 3 aromatic rings. The highest BCUT2D eigenvalue weighted by Crippen LogP contribution is 2.36. The molecule has 0 amide bonds. The summed E-state index contributed by atoms with van der Waals surface area (Å²) in [7, 11) is 0. The zero-order chi connectivity index (χ0) is 17.3. The Balaban J connectivity index is 1.97. The highest BCUT2D eigenvalue weighted by Gasteiger charge is 2.34. The molecule has 0 bridgehead atoms. The fourth-order valence-corrected chi connectivity index (χ4v) is 2.44. The quantitative estimate of drug-likeness (QED) is 0.652. The van der Waals surface area contributed by atoms with E-state index in [1.54, 1.807) is 12.1 Å². The summed E-state index contributed by atoms with van der Waals surface area (Å²) in [6, 6.07) is 11.5. The number of hydrogen-bond acceptors (Lipinski definition) is 3. The smallest absolute Gasteiger partial charge is 0.419 e. The van der Waals surface area contributed by atoms with Crippen molar-refractivity contribution in [2.75, 3.05) is 0 Å². The van der Waals surface area contributed by atoms with Crippen LogP contribution in [0.3, 0.4) is 0 Å². The van der Waals surface area contributed by atoms with Gasteiger partial charge in [0.25, 0.3) is 0 Å². The number of benzene rings is 2. The van der Waals surface area contributed by atoms with Crippen molar-refractivity contribution in [3.05, 3.63) is 75.6 Å². The van der Waals surface area contributed by atoms with Crippen LogP contribution in [0, 0.1) is 6.92 Å². The fourth-order valence-electron chi connectivity index (χ4n) is 2.44. The Labute approximate surface area is 135 Å². The summed E-state index contributed by atoms with van der Waals surface area (Å²) in [5.74, 6) is -0.279. The lowest BCUT2D eigenvalue weighted by molar-refractivity contribution is -0.139. The third kappa shape index (κ3) is 3.27. The normalized spacial score (nSPS) is 11.7. The van der Waals surface area contributed by atoms with Gasteiger partial charge in [-0.15, -0.1) is 0 Å². The number of aryl methyl sites for hydroxylation is 1. The molecular weight excluding hydrogens is 321 g/mol. The molecule has 0 aliphatic rings. The van der Waals surface area contributed by atoms with Crippen LogP contribution in [0.15, 0.2) is 57.7 Å². The third-order valence-electron chi connectivity index (χ3n) is 3.56. The molecule has 0 unspecified atom stereocenters. The molecule has 0 radical (unpaired) electrons. The zero-order valence-electron chi connectivity index (χ0n) is 12.7. The first kappa shape index (κ1) is 16.1. The highest BCUT2D eigenvalue weighted by atomic mass is 19.4. The van der Waals surface area contributed by atoms with Crippen LogP contribution in [0.2, 0.25) is 0 Å². The van der Waals surface area contributed by atoms with E-state index in [1.165, 1.54) is 24.3 Å². The van der Waals surface area contributed by atoms with Crippen LogP contribution in [0.4, 0.5) is 13.2 Å². The van der Waals surface area contributed by atoms with Crippen molar-refractivity contribution in [3.8, 4) is 5.75 Å². The molecule has 0 atom stereocenters. The molecule has 0 N–H and O–H groups in total. The minimum Gasteiger partial charge on any atom is -0.488 e. The Morgan fingerprint density at radius 1 is 1.08 bits per heavy atom. The van der Waals surface area contributed by atoms with Crippen molar-refractivity contribution in [2.45, 2.75) is 19.7 Å². The second-order valence-corrected chi connectivity index (χ2v) is 5.37. The minimum absolute atomic E-state index is 0.168. The maximum Gasteiger partial charge on any atom is 0.419 e. The van der Waals surface area contributed by atoms with Crippen LogP contribution in [-0.4, -0.2) is 0 Å². The van der Waals surface area contributed by atoms with E-state index < -0.39 is 17.4 Å². The van der Waals surface area contributed by atoms with Crippen molar-refractivity contribution in [1.29, 1.82) is 0 Å². The van der Waals surface area contributed by atoms with Crippen LogP contribution >= 0.6 is 0 Å². The lowest BCUT2D eigenvalue weighted by Crippen LogP contribution is -2.09. The van der Waals surface area contributed by atoms with Crippen molar-refractivity contribution < 1.29 is 22.3 Å². The van der Waals surface area contributed by atoms with E-state index in [0.29, 0.717) is 16.5 Å². The van der Waals surface area contributed by atoms with Crippen molar-refractivity contribution in [1.82, 2.24) is 0 Å². The summed E-state index contributed by atoms with van der Waals surface area (Å²) in [4.78, 5) is 11.7. The van der Waals surface area contributed by atoms with Gasteiger partial charge in [0.15, 0.2) is 0 Å². The van der Waals surface area contributed by atoms with E-state index in [1.807, 2.05) is 13.0 Å². The van der Waals surface area contributed by atoms with E-state index in [0.717, 1.165) is 11.6 Å². The molecule has 6 heteroatoms. The van der Waals surface area contributed by atoms with Gasteiger partial charge in [-0.05, 0) is 30.7 Å². The second kappa shape index (κ2) is 6.03. The molecule has 2 aromatic carbocycles. The lowest BCUT2D eigenvalue weighted by Gasteiger charge is -2.14. The van der Waals surface area contributed by atoms with Gasteiger partial charge in [0.1, 0.15) is 17.9 Å².